The first-order valence-electron chi connectivity index (χ1n) is 10.2. The number of nitriles is 1. The van der Waals surface area contributed by atoms with Gasteiger partial charge in [-0.15, -0.1) is 0 Å². The van der Waals surface area contributed by atoms with E-state index in [-0.39, 0.29) is 30.6 Å². The number of carbonyl (C=O) groups excluding carboxylic acids is 1. The molecule has 0 radical (unpaired) electrons. The van der Waals surface area contributed by atoms with Gasteiger partial charge in [-0.25, -0.2) is 9.18 Å². The molecule has 1 heterocycles. The van der Waals surface area contributed by atoms with Crippen LogP contribution in [0.25, 0.3) is 0 Å². The van der Waals surface area contributed by atoms with Gasteiger partial charge in [0.1, 0.15) is 6.17 Å². The number of allylic oxidation sites excluding steroid dienone is 3. The van der Waals surface area contributed by atoms with Gasteiger partial charge >= 0.3 is 12.1 Å². The fourth-order valence-electron chi connectivity index (χ4n) is 4.51. The topological polar surface area (TPSA) is 62.1 Å². The van der Waals surface area contributed by atoms with Gasteiger partial charge < -0.3 is 10.1 Å². The minimum absolute atomic E-state index is 0.00914. The number of hydrogen-bond acceptors (Lipinski definition) is 4. The van der Waals surface area contributed by atoms with Crippen molar-refractivity contribution in [3.8, 4) is 6.07 Å². The maximum Gasteiger partial charge on any atom is 0.392 e. The van der Waals surface area contributed by atoms with E-state index >= 15 is 0 Å². The molecule has 3 aliphatic rings. The first-order valence-corrected chi connectivity index (χ1v) is 10.2. The zero-order chi connectivity index (χ0) is 21.3. The Hall–Kier alpha value is -2.04. The summed E-state index contributed by atoms with van der Waals surface area (Å²) in [5, 5.41) is 12.7. The Kier molecular flexibility index (Phi) is 6.25. The van der Waals surface area contributed by atoms with Crippen LogP contribution in [0, 0.1) is 35.0 Å². The minimum atomic E-state index is -4.61. The molecule has 1 N–H and O–H groups in total. The van der Waals surface area contributed by atoms with Crippen molar-refractivity contribution in [3.05, 3.63) is 22.5 Å². The Morgan fingerprint density at radius 1 is 1.28 bits per heavy atom. The molecule has 0 aromatic rings. The highest BCUT2D eigenvalue weighted by molar-refractivity contribution is 5.91. The molecule has 0 spiro atoms. The third kappa shape index (κ3) is 4.59. The molecule has 0 aromatic heterocycles. The molecule has 2 fully saturated rings. The molecule has 2 saturated carbocycles. The number of alkyl halides is 4. The monoisotopic (exact) mass is 414 g/mol. The van der Waals surface area contributed by atoms with Crippen molar-refractivity contribution in [2.75, 3.05) is 6.61 Å². The SMILES string of the molecule is CCC1=C(C(=O)OCC2CC2)C(C2CCC(F)CC2C(F)(F)F)C(C#N)=C(C)N1. The Morgan fingerprint density at radius 3 is 2.52 bits per heavy atom. The molecular formula is C21H26F4N2O2. The van der Waals surface area contributed by atoms with Crippen LogP contribution in [-0.4, -0.2) is 24.9 Å². The van der Waals surface area contributed by atoms with Crippen LogP contribution < -0.4 is 5.32 Å². The van der Waals surface area contributed by atoms with Gasteiger partial charge in [0.15, 0.2) is 0 Å². The highest BCUT2D eigenvalue weighted by Gasteiger charge is 2.53. The molecule has 160 valence electrons. The van der Waals surface area contributed by atoms with Crippen molar-refractivity contribution in [2.45, 2.75) is 64.7 Å². The highest BCUT2D eigenvalue weighted by atomic mass is 19.4. The van der Waals surface area contributed by atoms with E-state index in [1.54, 1.807) is 13.8 Å². The summed E-state index contributed by atoms with van der Waals surface area (Å²) >= 11 is 0. The second-order valence-electron chi connectivity index (χ2n) is 8.26. The Balaban J connectivity index is 2.02. The summed E-state index contributed by atoms with van der Waals surface area (Å²) in [5.41, 5.74) is 1.14. The highest BCUT2D eigenvalue weighted by Crippen LogP contribution is 2.50. The van der Waals surface area contributed by atoms with Crippen LogP contribution in [0.2, 0.25) is 0 Å². The lowest BCUT2D eigenvalue weighted by Gasteiger charge is -2.41. The van der Waals surface area contributed by atoms with Crippen LogP contribution in [0.15, 0.2) is 22.5 Å². The van der Waals surface area contributed by atoms with Gasteiger partial charge in [-0.3, -0.25) is 0 Å². The summed E-state index contributed by atoms with van der Waals surface area (Å²) in [4.78, 5) is 12.9. The van der Waals surface area contributed by atoms with E-state index in [9.17, 15) is 27.6 Å². The van der Waals surface area contributed by atoms with Gasteiger partial charge in [-0.05, 0) is 57.3 Å². The second kappa shape index (κ2) is 8.37. The number of nitrogens with one attached hydrogen (secondary N) is 1. The fourth-order valence-corrected chi connectivity index (χ4v) is 4.51. The molecule has 1 aliphatic heterocycles. The largest absolute Gasteiger partial charge is 0.462 e. The molecular weight excluding hydrogens is 388 g/mol. The number of halogens is 4. The maximum absolute atomic E-state index is 13.9. The van der Waals surface area contributed by atoms with Crippen LogP contribution in [-0.2, 0) is 9.53 Å². The summed E-state index contributed by atoms with van der Waals surface area (Å²) in [6, 6.07) is 2.01. The molecule has 0 amide bonds. The van der Waals surface area contributed by atoms with Crippen molar-refractivity contribution in [2.24, 2.45) is 23.7 Å². The second-order valence-corrected chi connectivity index (χ2v) is 8.26. The first-order chi connectivity index (χ1) is 13.7. The van der Waals surface area contributed by atoms with Crippen LogP contribution in [0.1, 0.15) is 52.4 Å². The maximum atomic E-state index is 13.9. The van der Waals surface area contributed by atoms with Crippen LogP contribution in [0.4, 0.5) is 17.6 Å². The number of esters is 1. The van der Waals surface area contributed by atoms with Crippen LogP contribution >= 0.6 is 0 Å². The lowest BCUT2D eigenvalue weighted by molar-refractivity contribution is -0.205. The molecule has 3 rings (SSSR count). The predicted molar refractivity (Wildman–Crippen MR) is 97.7 cm³/mol. The van der Waals surface area contributed by atoms with Gasteiger partial charge in [-0.1, -0.05) is 6.92 Å². The van der Waals surface area contributed by atoms with Crippen molar-refractivity contribution in [1.29, 1.82) is 5.26 Å². The number of rotatable bonds is 5. The lowest BCUT2D eigenvalue weighted by atomic mass is 9.65. The number of dihydropyridines is 1. The van der Waals surface area contributed by atoms with E-state index in [2.05, 4.69) is 5.32 Å². The zero-order valence-corrected chi connectivity index (χ0v) is 16.6. The van der Waals surface area contributed by atoms with Crippen molar-refractivity contribution >= 4 is 5.97 Å². The summed E-state index contributed by atoms with van der Waals surface area (Å²) in [5.74, 6) is -4.39. The average molecular weight is 414 g/mol. The van der Waals surface area contributed by atoms with Crippen LogP contribution in [0.5, 0.6) is 0 Å². The zero-order valence-electron chi connectivity index (χ0n) is 16.6. The van der Waals surface area contributed by atoms with Gasteiger partial charge in [0, 0.05) is 17.3 Å². The van der Waals surface area contributed by atoms with E-state index in [0.717, 1.165) is 12.8 Å². The third-order valence-corrected chi connectivity index (χ3v) is 6.22. The fraction of sp³-hybridized carbons (Fsp3) is 0.714. The van der Waals surface area contributed by atoms with Gasteiger partial charge in [0.2, 0.25) is 0 Å². The van der Waals surface area contributed by atoms with E-state index in [1.165, 1.54) is 0 Å². The third-order valence-electron chi connectivity index (χ3n) is 6.22. The van der Waals surface area contributed by atoms with E-state index < -0.39 is 42.5 Å². The number of carbonyl (C=O) groups is 1. The van der Waals surface area contributed by atoms with E-state index in [1.807, 2.05) is 6.07 Å². The van der Waals surface area contributed by atoms with Crippen molar-refractivity contribution in [1.82, 2.24) is 5.32 Å². The summed E-state index contributed by atoms with van der Waals surface area (Å²) in [7, 11) is 0. The summed E-state index contributed by atoms with van der Waals surface area (Å²) < 4.78 is 60.7. The molecule has 8 heteroatoms. The molecule has 0 aromatic carbocycles. The van der Waals surface area contributed by atoms with Gasteiger partial charge in [0.25, 0.3) is 0 Å². The lowest BCUT2D eigenvalue weighted by Crippen LogP contribution is -2.44. The Bertz CT molecular complexity index is 762. The number of hydrogen-bond donors (Lipinski definition) is 1. The average Bonchev–Trinajstić information content (AvgIpc) is 3.49. The first kappa shape index (κ1) is 21.7. The smallest absolute Gasteiger partial charge is 0.392 e. The Labute approximate surface area is 168 Å². The minimum Gasteiger partial charge on any atom is -0.462 e. The molecule has 4 nitrogen and oxygen atoms in total. The molecule has 4 atom stereocenters. The predicted octanol–water partition coefficient (Wildman–Crippen LogP) is 4.94. The van der Waals surface area contributed by atoms with Crippen molar-refractivity contribution < 1.29 is 27.1 Å². The van der Waals surface area contributed by atoms with Gasteiger partial charge in [0.05, 0.1) is 29.7 Å². The molecule has 0 saturated heterocycles. The van der Waals surface area contributed by atoms with E-state index in [4.69, 9.17) is 4.74 Å². The standard InChI is InChI=1S/C21H26F4N2O2/c1-3-17-19(20(28)29-10-12-4-5-12)18(15(9-26)11(2)27-17)14-7-6-13(22)8-16(14)21(23,24)25/h12-14,16,18,27H,3-8,10H2,1-2H3. The molecule has 2 aliphatic carbocycles. The normalized spacial score (nSPS) is 30.7. The summed E-state index contributed by atoms with van der Waals surface area (Å²) in [6.07, 6.45) is -4.51. The van der Waals surface area contributed by atoms with Gasteiger partial charge in [-0.2, -0.15) is 18.4 Å². The van der Waals surface area contributed by atoms with Crippen LogP contribution in [0.3, 0.4) is 0 Å². The Morgan fingerprint density at radius 2 is 1.97 bits per heavy atom. The number of ether oxygens (including phenoxy) is 1. The van der Waals surface area contributed by atoms with E-state index in [0.29, 0.717) is 23.7 Å². The molecule has 29 heavy (non-hydrogen) atoms. The van der Waals surface area contributed by atoms with Crippen molar-refractivity contribution in [3.63, 3.8) is 0 Å². The molecule has 0 bridgehead atoms. The molecule has 4 unspecified atom stereocenters. The summed E-state index contributed by atoms with van der Waals surface area (Å²) in [6.45, 7) is 3.64. The quantitative estimate of drug-likeness (QED) is 0.511. The number of nitrogens with zero attached hydrogens (tertiary/aromatic N) is 1.